The van der Waals surface area contributed by atoms with Crippen LogP contribution in [0.3, 0.4) is 0 Å². The first kappa shape index (κ1) is 15.3. The van der Waals surface area contributed by atoms with Crippen LogP contribution in [0.15, 0.2) is 24.3 Å². The van der Waals surface area contributed by atoms with Gasteiger partial charge in [0.2, 0.25) is 5.91 Å². The van der Waals surface area contributed by atoms with E-state index in [0.717, 1.165) is 11.3 Å². The van der Waals surface area contributed by atoms with E-state index in [2.05, 4.69) is 15.6 Å². The van der Waals surface area contributed by atoms with Crippen molar-refractivity contribution in [2.45, 2.75) is 19.9 Å². The molecule has 0 saturated heterocycles. The van der Waals surface area contributed by atoms with Gasteiger partial charge in [0.25, 0.3) is 0 Å². The molecule has 0 saturated carbocycles. The predicted molar refractivity (Wildman–Crippen MR) is 84.6 cm³/mol. The van der Waals surface area contributed by atoms with Crippen molar-refractivity contribution in [2.24, 2.45) is 0 Å². The number of nitriles is 1. The number of hydrogen-bond acceptors (Lipinski definition) is 5. The Morgan fingerprint density at radius 1 is 1.52 bits per heavy atom. The molecule has 0 fully saturated rings. The van der Waals surface area contributed by atoms with Gasteiger partial charge in [0, 0.05) is 12.6 Å². The number of rotatable bonds is 4. The molecule has 0 spiro atoms. The van der Waals surface area contributed by atoms with Crippen molar-refractivity contribution in [3.63, 3.8) is 0 Å². The summed E-state index contributed by atoms with van der Waals surface area (Å²) in [7, 11) is 0. The summed E-state index contributed by atoms with van der Waals surface area (Å²) in [5, 5.41) is 15.6. The van der Waals surface area contributed by atoms with E-state index >= 15 is 0 Å². The Hall–Kier alpha value is -2.10. The monoisotopic (exact) mass is 320 g/mol. The van der Waals surface area contributed by atoms with E-state index in [0.29, 0.717) is 10.0 Å². The van der Waals surface area contributed by atoms with Crippen LogP contribution in [0.1, 0.15) is 30.3 Å². The van der Waals surface area contributed by atoms with E-state index in [4.69, 9.17) is 16.9 Å². The maximum Gasteiger partial charge on any atom is 0.221 e. The fourth-order valence-electron chi connectivity index (χ4n) is 1.79. The third-order valence-electron chi connectivity index (χ3n) is 2.73. The van der Waals surface area contributed by atoms with Gasteiger partial charge >= 0.3 is 0 Å². The van der Waals surface area contributed by atoms with E-state index in [1.165, 1.54) is 18.3 Å². The van der Waals surface area contributed by atoms with Crippen molar-refractivity contribution >= 4 is 39.7 Å². The second kappa shape index (κ2) is 6.57. The lowest BCUT2D eigenvalue weighted by atomic mass is 10.1. The smallest absolute Gasteiger partial charge is 0.221 e. The highest BCUT2D eigenvalue weighted by molar-refractivity contribution is 7.16. The van der Waals surface area contributed by atoms with Crippen LogP contribution >= 0.6 is 22.9 Å². The molecule has 0 radical (unpaired) electrons. The topological polar surface area (TPSA) is 77.8 Å². The Labute approximate surface area is 131 Å². The zero-order valence-corrected chi connectivity index (χ0v) is 13.0. The first-order valence-corrected chi connectivity index (χ1v) is 7.39. The largest absolute Gasteiger partial charge is 0.355 e. The third-order valence-corrected chi connectivity index (χ3v) is 4.01. The van der Waals surface area contributed by atoms with E-state index in [-0.39, 0.29) is 17.1 Å². The molecule has 1 unspecified atom stereocenters. The second-order valence-electron chi connectivity index (χ2n) is 4.42. The number of halogens is 1. The molecule has 1 aromatic heterocycles. The van der Waals surface area contributed by atoms with Crippen LogP contribution in [-0.4, -0.2) is 10.9 Å². The highest BCUT2D eigenvalue weighted by Crippen LogP contribution is 2.29. The van der Waals surface area contributed by atoms with Gasteiger partial charge in [-0.15, -0.1) is 0 Å². The van der Waals surface area contributed by atoms with Crippen LogP contribution in [0.5, 0.6) is 0 Å². The van der Waals surface area contributed by atoms with E-state index in [1.807, 2.05) is 37.3 Å². The normalized spacial score (nSPS) is 11.5. The standard InChI is InChI=1S/C14H13ClN4OS/c1-8(17-14-19-13(15)12(7-16)21-14)10-4-3-5-11(6-10)18-9(2)20/h3-6,8H,1-2H3,(H,17,19)(H,18,20). The maximum absolute atomic E-state index is 11.1. The number of aromatic nitrogens is 1. The van der Waals surface area contributed by atoms with Crippen molar-refractivity contribution in [2.75, 3.05) is 10.6 Å². The van der Waals surface area contributed by atoms with Crippen molar-refractivity contribution in [3.8, 4) is 6.07 Å². The van der Waals surface area contributed by atoms with Crippen LogP contribution in [0.4, 0.5) is 10.8 Å². The molecule has 0 aliphatic rings. The molecule has 2 rings (SSSR count). The Bertz CT molecular complexity index is 707. The number of anilines is 2. The van der Waals surface area contributed by atoms with Gasteiger partial charge in [-0.05, 0) is 24.6 Å². The minimum absolute atomic E-state index is 0.0348. The first-order valence-electron chi connectivity index (χ1n) is 6.20. The molecule has 7 heteroatoms. The van der Waals surface area contributed by atoms with Gasteiger partial charge in [-0.25, -0.2) is 4.98 Å². The van der Waals surface area contributed by atoms with Gasteiger partial charge in [0.15, 0.2) is 10.3 Å². The highest BCUT2D eigenvalue weighted by atomic mass is 35.5. The number of carbonyl (C=O) groups excluding carboxylic acids is 1. The lowest BCUT2D eigenvalue weighted by Gasteiger charge is -2.14. The van der Waals surface area contributed by atoms with Gasteiger partial charge in [-0.1, -0.05) is 35.1 Å². The molecule has 21 heavy (non-hydrogen) atoms. The fraction of sp³-hybridized carbons (Fsp3) is 0.214. The molecule has 1 heterocycles. The SMILES string of the molecule is CC(=O)Nc1cccc(C(C)Nc2nc(Cl)c(C#N)s2)c1. The number of nitrogens with zero attached hydrogens (tertiary/aromatic N) is 2. The first-order chi connectivity index (χ1) is 9.99. The minimum atomic E-state index is -0.113. The van der Waals surface area contributed by atoms with Crippen molar-refractivity contribution in [1.82, 2.24) is 4.98 Å². The second-order valence-corrected chi connectivity index (χ2v) is 5.78. The summed E-state index contributed by atoms with van der Waals surface area (Å²) in [6.07, 6.45) is 0. The van der Waals surface area contributed by atoms with Gasteiger partial charge < -0.3 is 10.6 Å². The summed E-state index contributed by atoms with van der Waals surface area (Å²) in [5.41, 5.74) is 1.73. The summed E-state index contributed by atoms with van der Waals surface area (Å²) in [4.78, 5) is 15.6. The Balaban J connectivity index is 2.14. The minimum Gasteiger partial charge on any atom is -0.355 e. The van der Waals surface area contributed by atoms with Crippen molar-refractivity contribution < 1.29 is 4.79 Å². The average Bonchev–Trinajstić information content (AvgIpc) is 2.78. The molecule has 5 nitrogen and oxygen atoms in total. The lowest BCUT2D eigenvalue weighted by molar-refractivity contribution is -0.114. The molecule has 0 aliphatic heterocycles. The lowest BCUT2D eigenvalue weighted by Crippen LogP contribution is -2.09. The fourth-order valence-corrected chi connectivity index (χ4v) is 2.82. The molecule has 1 amide bonds. The predicted octanol–water partition coefficient (Wildman–Crippen LogP) is 3.80. The van der Waals surface area contributed by atoms with Crippen LogP contribution in [0, 0.1) is 11.3 Å². The van der Waals surface area contributed by atoms with Crippen LogP contribution in [-0.2, 0) is 4.79 Å². The molecular formula is C14H13ClN4OS. The highest BCUT2D eigenvalue weighted by Gasteiger charge is 2.12. The zero-order valence-electron chi connectivity index (χ0n) is 11.5. The zero-order chi connectivity index (χ0) is 15.4. The number of nitrogens with one attached hydrogen (secondary N) is 2. The summed E-state index contributed by atoms with van der Waals surface area (Å²) in [5.74, 6) is -0.113. The quantitative estimate of drug-likeness (QED) is 0.898. The van der Waals surface area contributed by atoms with Crippen molar-refractivity contribution in [3.05, 3.63) is 39.9 Å². The average molecular weight is 321 g/mol. The molecule has 108 valence electrons. The third kappa shape index (κ3) is 3.94. The molecule has 0 bridgehead atoms. The number of hydrogen-bond donors (Lipinski definition) is 2. The van der Waals surface area contributed by atoms with Crippen LogP contribution in [0.2, 0.25) is 5.15 Å². The van der Waals surface area contributed by atoms with E-state index < -0.39 is 0 Å². The Morgan fingerprint density at radius 2 is 2.29 bits per heavy atom. The van der Waals surface area contributed by atoms with Crippen LogP contribution in [0.25, 0.3) is 0 Å². The Morgan fingerprint density at radius 3 is 2.90 bits per heavy atom. The summed E-state index contributed by atoms with van der Waals surface area (Å²) in [6.45, 7) is 3.43. The van der Waals surface area contributed by atoms with Gasteiger partial charge in [0.1, 0.15) is 10.9 Å². The summed E-state index contributed by atoms with van der Waals surface area (Å²) >= 11 is 7.06. The molecule has 2 N–H and O–H groups in total. The van der Waals surface area contributed by atoms with E-state index in [9.17, 15) is 4.79 Å². The Kier molecular flexibility index (Phi) is 4.78. The molecular weight excluding hydrogens is 308 g/mol. The number of benzene rings is 1. The summed E-state index contributed by atoms with van der Waals surface area (Å²) < 4.78 is 0. The number of amides is 1. The van der Waals surface area contributed by atoms with Crippen molar-refractivity contribution in [1.29, 1.82) is 5.26 Å². The maximum atomic E-state index is 11.1. The number of thiazole rings is 1. The summed E-state index contributed by atoms with van der Waals surface area (Å²) in [6, 6.07) is 9.49. The van der Waals surface area contributed by atoms with Gasteiger partial charge in [-0.2, -0.15) is 5.26 Å². The number of carbonyl (C=O) groups is 1. The van der Waals surface area contributed by atoms with E-state index in [1.54, 1.807) is 0 Å². The molecule has 1 aromatic carbocycles. The molecule has 2 aromatic rings. The van der Waals surface area contributed by atoms with Crippen LogP contribution < -0.4 is 10.6 Å². The molecule has 0 aliphatic carbocycles. The van der Waals surface area contributed by atoms with Gasteiger partial charge in [-0.3, -0.25) is 4.79 Å². The van der Waals surface area contributed by atoms with Gasteiger partial charge in [0.05, 0.1) is 6.04 Å². The molecule has 1 atom stereocenters.